The summed E-state index contributed by atoms with van der Waals surface area (Å²) < 4.78 is 0. The van der Waals surface area contributed by atoms with Crippen molar-refractivity contribution in [3.8, 4) is 0 Å². The Bertz CT molecular complexity index is 768. The number of carboxylic acids is 1. The van der Waals surface area contributed by atoms with Gasteiger partial charge in [0.05, 0.1) is 0 Å². The van der Waals surface area contributed by atoms with Crippen molar-refractivity contribution in [3.63, 3.8) is 0 Å². The molecule has 1 saturated heterocycles. The van der Waals surface area contributed by atoms with Crippen LogP contribution in [-0.4, -0.2) is 57.3 Å². The molecule has 0 spiro atoms. The van der Waals surface area contributed by atoms with Gasteiger partial charge in [0.15, 0.2) is 5.12 Å². The molecule has 0 radical (unpaired) electrons. The van der Waals surface area contributed by atoms with E-state index in [1.165, 1.54) is 4.90 Å². The van der Waals surface area contributed by atoms with Crippen molar-refractivity contribution >= 4 is 34.7 Å². The monoisotopic (exact) mass is 434 g/mol. The van der Waals surface area contributed by atoms with Gasteiger partial charge in [-0.3, -0.25) is 14.4 Å². The van der Waals surface area contributed by atoms with Gasteiger partial charge >= 0.3 is 5.97 Å². The average molecular weight is 435 g/mol. The van der Waals surface area contributed by atoms with Crippen molar-refractivity contribution in [2.24, 2.45) is 11.8 Å². The molecular formula is C22H30N2O5S. The highest BCUT2D eigenvalue weighted by Gasteiger charge is 2.37. The maximum Gasteiger partial charge on any atom is 0.326 e. The molecule has 1 aliphatic rings. The molecule has 0 bridgehead atoms. The zero-order chi connectivity index (χ0) is 22.3. The van der Waals surface area contributed by atoms with Crippen molar-refractivity contribution in [1.82, 2.24) is 10.2 Å². The number of carbonyl (C=O) groups is 4. The number of nitrogens with one attached hydrogen (secondary N) is 1. The molecule has 0 aromatic heterocycles. The Morgan fingerprint density at radius 2 is 1.83 bits per heavy atom. The van der Waals surface area contributed by atoms with E-state index in [9.17, 15) is 24.3 Å². The number of likely N-dealkylation sites (tertiary alicyclic amines) is 1. The minimum absolute atomic E-state index is 0.0376. The Morgan fingerprint density at radius 1 is 1.17 bits per heavy atom. The van der Waals surface area contributed by atoms with E-state index < -0.39 is 29.9 Å². The van der Waals surface area contributed by atoms with Gasteiger partial charge in [-0.05, 0) is 18.4 Å². The highest BCUT2D eigenvalue weighted by Crippen LogP contribution is 2.23. The van der Waals surface area contributed by atoms with Crippen LogP contribution in [0.25, 0.3) is 0 Å². The van der Waals surface area contributed by atoms with Gasteiger partial charge in [-0.25, -0.2) is 4.79 Å². The van der Waals surface area contributed by atoms with Crippen LogP contribution in [0.4, 0.5) is 0 Å². The molecule has 1 aromatic carbocycles. The van der Waals surface area contributed by atoms with Crippen molar-refractivity contribution < 1.29 is 24.3 Å². The molecule has 2 amide bonds. The second-order valence-corrected chi connectivity index (χ2v) is 8.99. The fourth-order valence-electron chi connectivity index (χ4n) is 3.35. The summed E-state index contributed by atoms with van der Waals surface area (Å²) in [5.74, 6) is -1.85. The third kappa shape index (κ3) is 6.58. The quantitative estimate of drug-likeness (QED) is 0.618. The number of thioether (sulfide) groups is 1. The topological polar surface area (TPSA) is 104 Å². The number of benzene rings is 1. The minimum Gasteiger partial charge on any atom is -0.480 e. The van der Waals surface area contributed by atoms with Crippen molar-refractivity contribution in [2.45, 2.75) is 52.1 Å². The van der Waals surface area contributed by atoms with E-state index in [-0.39, 0.29) is 23.4 Å². The zero-order valence-electron chi connectivity index (χ0n) is 17.7. The molecule has 30 heavy (non-hydrogen) atoms. The molecule has 1 aromatic rings. The first-order valence-corrected chi connectivity index (χ1v) is 11.2. The molecule has 7 nitrogen and oxygen atoms in total. The maximum atomic E-state index is 12.9. The molecule has 1 aliphatic heterocycles. The van der Waals surface area contributed by atoms with Gasteiger partial charge < -0.3 is 15.3 Å². The fourth-order valence-corrected chi connectivity index (χ4v) is 4.24. The summed E-state index contributed by atoms with van der Waals surface area (Å²) in [6.07, 6.45) is 1.36. The van der Waals surface area contributed by atoms with E-state index in [0.29, 0.717) is 25.1 Å². The predicted molar refractivity (Wildman–Crippen MR) is 116 cm³/mol. The van der Waals surface area contributed by atoms with Crippen molar-refractivity contribution in [3.05, 3.63) is 35.9 Å². The first-order valence-electron chi connectivity index (χ1n) is 10.2. The van der Waals surface area contributed by atoms with E-state index in [2.05, 4.69) is 5.32 Å². The number of carbonyl (C=O) groups excluding carboxylic acids is 3. The number of amides is 2. The van der Waals surface area contributed by atoms with Gasteiger partial charge in [0, 0.05) is 30.6 Å². The van der Waals surface area contributed by atoms with E-state index >= 15 is 0 Å². The standard InChI is InChI=1S/C22H30N2O5S/c1-14(2)22(29)30-13-15(3)20(26)24-11-7-10-18(24)19(25)23-17(21(27)28)12-16-8-5-4-6-9-16/h4-6,8-9,14-15,17-18H,7,10-13H2,1-3H3,(H,23,25)(H,27,28)/t15?,17-,18-/m0/s1. The first-order chi connectivity index (χ1) is 14.2. The number of rotatable bonds is 9. The molecule has 8 heteroatoms. The van der Waals surface area contributed by atoms with E-state index in [4.69, 9.17) is 0 Å². The highest BCUT2D eigenvalue weighted by molar-refractivity contribution is 8.13. The number of hydrogen-bond donors (Lipinski definition) is 2. The predicted octanol–water partition coefficient (Wildman–Crippen LogP) is 2.34. The van der Waals surface area contributed by atoms with Crippen LogP contribution in [0.2, 0.25) is 0 Å². The Morgan fingerprint density at radius 3 is 2.43 bits per heavy atom. The van der Waals surface area contributed by atoms with Gasteiger partial charge in [0.1, 0.15) is 12.1 Å². The first kappa shape index (κ1) is 23.9. The van der Waals surface area contributed by atoms with Gasteiger partial charge in [0.25, 0.3) is 0 Å². The summed E-state index contributed by atoms with van der Waals surface area (Å²) in [5, 5.41) is 12.2. The number of nitrogens with zero attached hydrogens (tertiary/aromatic N) is 1. The third-order valence-electron chi connectivity index (χ3n) is 5.10. The normalized spacial score (nSPS) is 18.1. The molecule has 164 valence electrons. The van der Waals surface area contributed by atoms with Gasteiger partial charge in [-0.1, -0.05) is 62.9 Å². The van der Waals surface area contributed by atoms with Crippen LogP contribution >= 0.6 is 11.8 Å². The number of carboxylic acid groups (broad SMARTS) is 1. The smallest absolute Gasteiger partial charge is 0.326 e. The molecule has 2 rings (SSSR count). The van der Waals surface area contributed by atoms with Crippen LogP contribution in [0.3, 0.4) is 0 Å². The Kier molecular flexibility index (Phi) is 8.89. The van der Waals surface area contributed by atoms with E-state index in [0.717, 1.165) is 17.3 Å². The summed E-state index contributed by atoms with van der Waals surface area (Å²) in [5.41, 5.74) is 0.810. The molecule has 1 unspecified atom stereocenters. The summed E-state index contributed by atoms with van der Waals surface area (Å²) in [4.78, 5) is 50.7. The average Bonchev–Trinajstić information content (AvgIpc) is 3.21. The van der Waals surface area contributed by atoms with Gasteiger partial charge in [-0.15, -0.1) is 0 Å². The number of hydrogen-bond acceptors (Lipinski definition) is 5. The maximum absolute atomic E-state index is 12.9. The second kappa shape index (κ2) is 11.2. The van der Waals surface area contributed by atoms with Gasteiger partial charge in [-0.2, -0.15) is 0 Å². The lowest BCUT2D eigenvalue weighted by Crippen LogP contribution is -2.52. The molecular weight excluding hydrogens is 404 g/mol. The van der Waals surface area contributed by atoms with Crippen LogP contribution in [0.15, 0.2) is 30.3 Å². The third-order valence-corrected chi connectivity index (χ3v) is 6.53. The van der Waals surface area contributed by atoms with Crippen LogP contribution < -0.4 is 5.32 Å². The van der Waals surface area contributed by atoms with Crippen LogP contribution in [-0.2, 0) is 25.6 Å². The Labute approximate surface area is 181 Å². The molecule has 0 saturated carbocycles. The van der Waals surface area contributed by atoms with Crippen LogP contribution in [0.1, 0.15) is 39.2 Å². The zero-order valence-corrected chi connectivity index (χ0v) is 18.5. The van der Waals surface area contributed by atoms with Crippen LogP contribution in [0, 0.1) is 11.8 Å². The minimum atomic E-state index is -1.11. The lowest BCUT2D eigenvalue weighted by atomic mass is 10.1. The largest absolute Gasteiger partial charge is 0.480 e. The fraction of sp³-hybridized carbons (Fsp3) is 0.545. The Hall–Kier alpha value is -2.35. The van der Waals surface area contributed by atoms with Crippen molar-refractivity contribution in [2.75, 3.05) is 12.3 Å². The molecule has 0 aliphatic carbocycles. The molecule has 3 atom stereocenters. The lowest BCUT2D eigenvalue weighted by molar-refractivity contribution is -0.144. The summed E-state index contributed by atoms with van der Waals surface area (Å²) in [7, 11) is 0. The summed E-state index contributed by atoms with van der Waals surface area (Å²) >= 11 is 1.14. The van der Waals surface area contributed by atoms with Gasteiger partial charge in [0.2, 0.25) is 11.8 Å². The SMILES string of the molecule is CC(C)C(=O)SCC(C)C(=O)N1CCC[C@H]1C(=O)N[C@@H](Cc1ccccc1)C(=O)O. The molecule has 1 heterocycles. The summed E-state index contributed by atoms with van der Waals surface area (Å²) in [6.45, 7) is 5.85. The highest BCUT2D eigenvalue weighted by atomic mass is 32.2. The summed E-state index contributed by atoms with van der Waals surface area (Å²) in [6, 6.07) is 7.36. The van der Waals surface area contributed by atoms with E-state index in [1.807, 2.05) is 44.2 Å². The molecule has 1 fully saturated rings. The second-order valence-electron chi connectivity index (χ2n) is 7.96. The number of aliphatic carboxylic acids is 1. The Balaban J connectivity index is 1.98. The van der Waals surface area contributed by atoms with E-state index in [1.54, 1.807) is 6.92 Å². The van der Waals surface area contributed by atoms with Crippen LogP contribution in [0.5, 0.6) is 0 Å². The molecule has 2 N–H and O–H groups in total. The van der Waals surface area contributed by atoms with Crippen molar-refractivity contribution in [1.29, 1.82) is 0 Å². The lowest BCUT2D eigenvalue weighted by Gasteiger charge is -2.28.